The molecular weight excluding hydrogens is 572 g/mol. The van der Waals surface area contributed by atoms with E-state index >= 15 is 0 Å². The molecule has 0 atom stereocenters. The summed E-state index contributed by atoms with van der Waals surface area (Å²) in [6, 6.07) is 23.2. The third-order valence-electron chi connectivity index (χ3n) is 7.69. The van der Waals surface area contributed by atoms with E-state index in [-0.39, 0.29) is 34.7 Å². The molecule has 2 aromatic heterocycles. The Kier molecular flexibility index (Phi) is 7.32. The number of benzene rings is 4. The summed E-state index contributed by atoms with van der Waals surface area (Å²) in [6.07, 6.45) is 1.67. The van der Waals surface area contributed by atoms with Crippen LogP contribution in [0.25, 0.3) is 43.9 Å². The van der Waals surface area contributed by atoms with Gasteiger partial charge in [0, 0.05) is 36.0 Å². The number of nitriles is 1. The number of nitrogens with one attached hydrogen (secondary N) is 1. The first-order valence-corrected chi connectivity index (χ1v) is 14.0. The predicted octanol–water partition coefficient (Wildman–Crippen LogP) is 5.39. The van der Waals surface area contributed by atoms with Gasteiger partial charge in [-0.1, -0.05) is 48.5 Å². The number of carbonyl (C=O) groups excluding carboxylic acids is 1. The van der Waals surface area contributed by atoms with E-state index in [2.05, 4.69) is 21.4 Å². The number of aromatic carboxylic acids is 1. The molecule has 0 fully saturated rings. The van der Waals surface area contributed by atoms with E-state index in [1.807, 2.05) is 36.4 Å². The minimum Gasteiger partial charge on any atom is -0.493 e. The molecule has 11 nitrogen and oxygen atoms in total. The van der Waals surface area contributed by atoms with E-state index in [0.717, 1.165) is 10.8 Å². The standard InChI is InChI=1S/C34H26N6O5/c1-4-45-28-16-20(27-18-36-40(3)30(27)22-14-13-19-9-5-6-10-21(19)26(22)17-35)15-25-29(28)32(41)38-37-31(25)39(2)33(42)23-11-7-8-12-24(23)34(43)44/h5-16,18H,4H2,1-3H3,(H,38,41)(H,43,44). The van der Waals surface area contributed by atoms with Crippen LogP contribution in [0.1, 0.15) is 33.2 Å². The number of ether oxygens (including phenoxy) is 1. The van der Waals surface area contributed by atoms with Crippen LogP contribution in [0.4, 0.5) is 5.82 Å². The molecule has 6 rings (SSSR count). The topological polar surface area (TPSA) is 154 Å². The second-order valence-corrected chi connectivity index (χ2v) is 10.3. The van der Waals surface area contributed by atoms with Gasteiger partial charge in [-0.25, -0.2) is 9.89 Å². The van der Waals surface area contributed by atoms with Crippen LogP contribution in [0.15, 0.2) is 83.8 Å². The van der Waals surface area contributed by atoms with Crippen molar-refractivity contribution in [3.05, 3.63) is 106 Å². The molecule has 11 heteroatoms. The number of aromatic amines is 1. The number of carboxylic acid groups (broad SMARTS) is 1. The second-order valence-electron chi connectivity index (χ2n) is 10.3. The van der Waals surface area contributed by atoms with Crippen LogP contribution in [0, 0.1) is 11.3 Å². The molecule has 0 radical (unpaired) electrons. The van der Waals surface area contributed by atoms with Crippen LogP contribution in [0.2, 0.25) is 0 Å². The number of nitrogens with zero attached hydrogens (tertiary/aromatic N) is 5. The van der Waals surface area contributed by atoms with Gasteiger partial charge in [0.1, 0.15) is 11.8 Å². The summed E-state index contributed by atoms with van der Waals surface area (Å²) >= 11 is 0. The average molecular weight is 599 g/mol. The molecule has 0 bridgehead atoms. The van der Waals surface area contributed by atoms with E-state index in [1.165, 1.54) is 30.1 Å². The summed E-state index contributed by atoms with van der Waals surface area (Å²) in [7, 11) is 3.24. The normalized spacial score (nSPS) is 11.0. The van der Waals surface area contributed by atoms with Gasteiger partial charge in [0.05, 0.1) is 40.6 Å². The SMILES string of the molecule is CCOc1cc(-c2cnn(C)c2-c2ccc3ccccc3c2C#N)cc2c(N(C)C(=O)c3ccccc3C(=O)O)n[nH]c(=O)c12. The van der Waals surface area contributed by atoms with Crippen LogP contribution in [-0.2, 0) is 7.05 Å². The van der Waals surface area contributed by atoms with Crippen molar-refractivity contribution in [2.75, 3.05) is 18.6 Å². The summed E-state index contributed by atoms with van der Waals surface area (Å²) in [6.45, 7) is 2.04. The number of aromatic nitrogens is 4. The fourth-order valence-corrected chi connectivity index (χ4v) is 5.62. The van der Waals surface area contributed by atoms with Crippen molar-refractivity contribution in [3.8, 4) is 34.2 Å². The zero-order chi connectivity index (χ0) is 31.8. The predicted molar refractivity (Wildman–Crippen MR) is 170 cm³/mol. The third kappa shape index (κ3) is 4.84. The summed E-state index contributed by atoms with van der Waals surface area (Å²) in [4.78, 5) is 39.8. The van der Waals surface area contributed by atoms with E-state index in [4.69, 9.17) is 4.74 Å². The van der Waals surface area contributed by atoms with Crippen LogP contribution in [0.3, 0.4) is 0 Å². The number of carboxylic acids is 1. The van der Waals surface area contributed by atoms with E-state index in [1.54, 1.807) is 43.0 Å². The molecule has 0 saturated heterocycles. The Morgan fingerprint density at radius 1 is 1.02 bits per heavy atom. The lowest BCUT2D eigenvalue weighted by Crippen LogP contribution is -2.30. The summed E-state index contributed by atoms with van der Waals surface area (Å²) < 4.78 is 7.62. The van der Waals surface area contributed by atoms with Gasteiger partial charge in [-0.3, -0.25) is 19.2 Å². The Morgan fingerprint density at radius 2 is 1.76 bits per heavy atom. The number of amides is 1. The molecule has 0 aliphatic heterocycles. The lowest BCUT2D eigenvalue weighted by atomic mass is 9.93. The maximum atomic E-state index is 13.6. The van der Waals surface area contributed by atoms with Crippen LogP contribution in [0.5, 0.6) is 5.75 Å². The molecule has 4 aromatic carbocycles. The largest absolute Gasteiger partial charge is 0.493 e. The fourth-order valence-electron chi connectivity index (χ4n) is 5.62. The molecule has 1 amide bonds. The number of hydrogen-bond donors (Lipinski definition) is 2. The van der Waals surface area contributed by atoms with Crippen LogP contribution < -0.4 is 15.2 Å². The average Bonchev–Trinajstić information content (AvgIpc) is 3.44. The number of rotatable bonds is 7. The number of hydrogen-bond acceptors (Lipinski definition) is 7. The fraction of sp³-hybridized carbons (Fsp3) is 0.118. The highest BCUT2D eigenvalue weighted by atomic mass is 16.5. The van der Waals surface area contributed by atoms with Crippen molar-refractivity contribution in [2.24, 2.45) is 7.05 Å². The molecule has 0 aliphatic carbocycles. The number of carbonyl (C=O) groups is 2. The van der Waals surface area contributed by atoms with Crippen molar-refractivity contribution in [2.45, 2.75) is 6.92 Å². The zero-order valence-corrected chi connectivity index (χ0v) is 24.5. The van der Waals surface area contributed by atoms with E-state index in [9.17, 15) is 24.8 Å². The lowest BCUT2D eigenvalue weighted by molar-refractivity contribution is 0.0692. The van der Waals surface area contributed by atoms with E-state index in [0.29, 0.717) is 33.3 Å². The van der Waals surface area contributed by atoms with Crippen LogP contribution >= 0.6 is 0 Å². The van der Waals surface area contributed by atoms with Gasteiger partial charge in [0.25, 0.3) is 11.5 Å². The first-order valence-electron chi connectivity index (χ1n) is 14.0. The molecule has 0 unspecified atom stereocenters. The van der Waals surface area contributed by atoms with Crippen molar-refractivity contribution in [1.82, 2.24) is 20.0 Å². The molecule has 45 heavy (non-hydrogen) atoms. The maximum Gasteiger partial charge on any atom is 0.336 e. The minimum absolute atomic E-state index is 0.0373. The highest BCUT2D eigenvalue weighted by molar-refractivity contribution is 6.14. The Bertz CT molecular complexity index is 2260. The quantitative estimate of drug-likeness (QED) is 0.248. The van der Waals surface area contributed by atoms with Gasteiger partial charge in [0.15, 0.2) is 5.82 Å². The first-order chi connectivity index (χ1) is 21.7. The maximum absolute atomic E-state index is 13.6. The molecule has 6 aromatic rings. The van der Waals surface area contributed by atoms with Gasteiger partial charge in [0.2, 0.25) is 0 Å². The summed E-state index contributed by atoms with van der Waals surface area (Å²) in [5, 5.41) is 33.3. The van der Waals surface area contributed by atoms with Crippen molar-refractivity contribution in [1.29, 1.82) is 5.26 Å². The zero-order valence-electron chi connectivity index (χ0n) is 24.5. The van der Waals surface area contributed by atoms with Gasteiger partial charge in [-0.05, 0) is 42.1 Å². The Hall–Kier alpha value is -6.28. The highest BCUT2D eigenvalue weighted by Gasteiger charge is 2.26. The Morgan fingerprint density at radius 3 is 2.49 bits per heavy atom. The van der Waals surface area contributed by atoms with Crippen molar-refractivity contribution < 1.29 is 19.4 Å². The summed E-state index contributed by atoms with van der Waals surface area (Å²) in [5.74, 6) is -1.53. The van der Waals surface area contributed by atoms with Crippen molar-refractivity contribution in [3.63, 3.8) is 0 Å². The molecule has 2 heterocycles. The molecule has 0 spiro atoms. The van der Waals surface area contributed by atoms with E-state index < -0.39 is 17.4 Å². The molecule has 2 N–H and O–H groups in total. The summed E-state index contributed by atoms with van der Waals surface area (Å²) in [5.41, 5.74) is 2.36. The third-order valence-corrected chi connectivity index (χ3v) is 7.69. The molecule has 222 valence electrons. The smallest absolute Gasteiger partial charge is 0.336 e. The minimum atomic E-state index is -1.25. The van der Waals surface area contributed by atoms with Crippen molar-refractivity contribution >= 4 is 39.2 Å². The van der Waals surface area contributed by atoms with Crippen LogP contribution in [-0.4, -0.2) is 50.6 Å². The number of aryl methyl sites for hydroxylation is 1. The number of anilines is 1. The highest BCUT2D eigenvalue weighted by Crippen LogP contribution is 2.40. The number of H-pyrrole nitrogens is 1. The van der Waals surface area contributed by atoms with Gasteiger partial charge >= 0.3 is 5.97 Å². The molecule has 0 saturated carbocycles. The Labute approximate surface area is 256 Å². The molecular formula is C34H26N6O5. The van der Waals surface area contributed by atoms with Gasteiger partial charge in [-0.15, -0.1) is 0 Å². The molecule has 0 aliphatic rings. The lowest BCUT2D eigenvalue weighted by Gasteiger charge is -2.20. The monoisotopic (exact) mass is 598 g/mol. The van der Waals surface area contributed by atoms with Gasteiger partial charge < -0.3 is 9.84 Å². The van der Waals surface area contributed by atoms with Gasteiger partial charge in [-0.2, -0.15) is 15.5 Å². The second kappa shape index (κ2) is 11.4. The Balaban J connectivity index is 1.59. The number of fused-ring (bicyclic) bond motifs is 2. The first kappa shape index (κ1) is 28.8.